The van der Waals surface area contributed by atoms with Crippen LogP contribution in [0, 0.1) is 0 Å². The summed E-state index contributed by atoms with van der Waals surface area (Å²) in [4.78, 5) is 4.90. The van der Waals surface area contributed by atoms with Gasteiger partial charge in [-0.25, -0.2) is 0 Å². The molecular weight excluding hydrogens is 739 g/mol. The van der Waals surface area contributed by atoms with E-state index in [2.05, 4.69) is 224 Å². The average molecular weight is 779 g/mol. The molecule has 0 aromatic heterocycles. The van der Waals surface area contributed by atoms with Crippen LogP contribution in [0.3, 0.4) is 0 Å². The predicted molar refractivity (Wildman–Crippen MR) is 257 cm³/mol. The first-order valence-electron chi connectivity index (χ1n) is 21.3. The van der Waals surface area contributed by atoms with Crippen LogP contribution in [0.5, 0.6) is 11.5 Å². The molecule has 0 N–H and O–H groups in total. The maximum Gasteiger partial charge on any atom is 0.257 e. The molecule has 3 nitrogen and oxygen atoms in total. The summed E-state index contributed by atoms with van der Waals surface area (Å²) in [6.45, 7) is 4.81. The van der Waals surface area contributed by atoms with E-state index in [-0.39, 0.29) is 12.1 Å². The molecule has 0 saturated heterocycles. The maximum absolute atomic E-state index is 7.14. The highest BCUT2D eigenvalue weighted by Crippen LogP contribution is 2.56. The molecule has 0 amide bonds. The van der Waals surface area contributed by atoms with Crippen molar-refractivity contribution in [2.24, 2.45) is 0 Å². The fraction of sp³-hybridized carbons (Fsp3) is 0.0526. The first kappa shape index (κ1) is 34.3. The lowest BCUT2D eigenvalue weighted by atomic mass is 9.33. The van der Waals surface area contributed by atoms with Crippen molar-refractivity contribution >= 4 is 89.5 Å². The first-order chi connectivity index (χ1) is 30.0. The molecule has 10 aromatic rings. The summed E-state index contributed by atoms with van der Waals surface area (Å²) >= 11 is 0. The van der Waals surface area contributed by atoms with Gasteiger partial charge < -0.3 is 14.5 Å². The van der Waals surface area contributed by atoms with E-state index < -0.39 is 0 Å². The number of fused-ring (bicyclic) bond motifs is 12. The fourth-order valence-electron chi connectivity index (χ4n) is 10.9. The molecule has 0 fully saturated rings. The zero-order valence-electron chi connectivity index (χ0n) is 33.9. The summed E-state index contributed by atoms with van der Waals surface area (Å²) < 4.78 is 7.14. The van der Waals surface area contributed by atoms with Gasteiger partial charge in [-0.15, -0.1) is 0 Å². The Morgan fingerprint density at radius 2 is 1.11 bits per heavy atom. The summed E-state index contributed by atoms with van der Waals surface area (Å²) in [6, 6.07) is 73.4. The van der Waals surface area contributed by atoms with Gasteiger partial charge in [-0.2, -0.15) is 0 Å². The van der Waals surface area contributed by atoms with Gasteiger partial charge in [0.1, 0.15) is 11.5 Å². The van der Waals surface area contributed by atoms with E-state index in [1.54, 1.807) is 0 Å². The van der Waals surface area contributed by atoms with Crippen molar-refractivity contribution in [2.75, 3.05) is 9.80 Å². The van der Waals surface area contributed by atoms with Gasteiger partial charge >= 0.3 is 0 Å². The van der Waals surface area contributed by atoms with Gasteiger partial charge in [0, 0.05) is 38.9 Å². The Balaban J connectivity index is 1.06. The molecule has 0 bridgehead atoms. The molecule has 0 spiro atoms. The first-order valence-corrected chi connectivity index (χ1v) is 21.3. The second kappa shape index (κ2) is 12.7. The van der Waals surface area contributed by atoms with Crippen molar-refractivity contribution in [2.45, 2.75) is 19.3 Å². The fourth-order valence-corrected chi connectivity index (χ4v) is 10.9. The molecule has 2 aliphatic heterocycles. The van der Waals surface area contributed by atoms with Gasteiger partial charge in [0.05, 0.1) is 11.4 Å². The highest BCUT2D eigenvalue weighted by molar-refractivity contribution is 7.00. The molecule has 0 unspecified atom stereocenters. The number of hydrogen-bond donors (Lipinski definition) is 0. The third-order valence-electron chi connectivity index (χ3n) is 13.6. The smallest absolute Gasteiger partial charge is 0.257 e. The summed E-state index contributed by atoms with van der Waals surface area (Å²) in [5, 5.41) is 7.41. The highest BCUT2D eigenvalue weighted by atomic mass is 16.5. The summed E-state index contributed by atoms with van der Waals surface area (Å²) in [7, 11) is 0. The Hall–Kier alpha value is -7.56. The Bertz CT molecular complexity index is 3440. The van der Waals surface area contributed by atoms with Crippen LogP contribution in [-0.2, 0) is 5.41 Å². The van der Waals surface area contributed by atoms with Crippen LogP contribution in [0.2, 0.25) is 0 Å². The normalized spacial score (nSPS) is 13.9. The number of rotatable bonds is 4. The minimum Gasteiger partial charge on any atom is -0.458 e. The van der Waals surface area contributed by atoms with Crippen molar-refractivity contribution < 1.29 is 4.74 Å². The van der Waals surface area contributed by atoms with Crippen LogP contribution in [0.4, 0.5) is 34.1 Å². The van der Waals surface area contributed by atoms with E-state index in [1.807, 2.05) is 0 Å². The van der Waals surface area contributed by atoms with E-state index in [1.165, 1.54) is 82.3 Å². The Labute approximate surface area is 355 Å². The second-order valence-corrected chi connectivity index (χ2v) is 17.2. The number of para-hydroxylation sites is 2. The van der Waals surface area contributed by atoms with Crippen LogP contribution < -0.4 is 30.9 Å². The summed E-state index contributed by atoms with van der Waals surface area (Å²) in [5.41, 5.74) is 15.6. The lowest BCUT2D eigenvalue weighted by Crippen LogP contribution is -2.59. The molecule has 61 heavy (non-hydrogen) atoms. The molecule has 4 heteroatoms. The monoisotopic (exact) mass is 778 g/mol. The third-order valence-corrected chi connectivity index (χ3v) is 13.6. The summed E-state index contributed by atoms with van der Waals surface area (Å²) in [5.74, 6) is 1.85. The Kier molecular flexibility index (Phi) is 7.16. The molecule has 1 aliphatic carbocycles. The van der Waals surface area contributed by atoms with E-state index in [0.29, 0.717) is 0 Å². The SMILES string of the molecule is CC1(C)c2cc3c(cc2-c2c1cc(N(c1ccccc1)c1cccc4ccccc14)c1ccccc21)Oc1cccc2c1B3c1c(ccc3ccccc13)N2c1ccccc1. The highest BCUT2D eigenvalue weighted by Gasteiger charge is 2.46. The van der Waals surface area contributed by atoms with Gasteiger partial charge in [0.15, 0.2) is 0 Å². The van der Waals surface area contributed by atoms with Crippen molar-refractivity contribution in [1.82, 2.24) is 0 Å². The number of benzene rings is 10. The van der Waals surface area contributed by atoms with Gasteiger partial charge in [0.25, 0.3) is 6.71 Å². The van der Waals surface area contributed by atoms with Crippen LogP contribution in [0.25, 0.3) is 43.4 Å². The number of hydrogen-bond acceptors (Lipinski definition) is 3. The molecule has 10 aromatic carbocycles. The number of anilines is 6. The van der Waals surface area contributed by atoms with Gasteiger partial charge in [-0.3, -0.25) is 0 Å². The zero-order chi connectivity index (χ0) is 40.4. The number of ether oxygens (including phenoxy) is 1. The van der Waals surface area contributed by atoms with Crippen molar-refractivity contribution in [1.29, 1.82) is 0 Å². The van der Waals surface area contributed by atoms with Crippen LogP contribution in [0.15, 0.2) is 200 Å². The second-order valence-electron chi connectivity index (χ2n) is 17.2. The molecule has 286 valence electrons. The van der Waals surface area contributed by atoms with Crippen molar-refractivity contribution in [3.63, 3.8) is 0 Å². The van der Waals surface area contributed by atoms with Gasteiger partial charge in [0.2, 0.25) is 0 Å². The van der Waals surface area contributed by atoms with Crippen LogP contribution in [0.1, 0.15) is 25.0 Å². The number of nitrogens with zero attached hydrogens (tertiary/aromatic N) is 2. The molecule has 2 heterocycles. The molecular formula is C57H39BN2O. The van der Waals surface area contributed by atoms with E-state index >= 15 is 0 Å². The lowest BCUT2D eigenvalue weighted by Gasteiger charge is -2.40. The largest absolute Gasteiger partial charge is 0.458 e. The molecule has 13 rings (SSSR count). The Morgan fingerprint density at radius 1 is 0.475 bits per heavy atom. The molecule has 3 aliphatic rings. The molecule has 0 saturated carbocycles. The molecule has 0 atom stereocenters. The predicted octanol–water partition coefficient (Wildman–Crippen LogP) is 13.3. The van der Waals surface area contributed by atoms with Crippen molar-refractivity contribution in [3.05, 3.63) is 211 Å². The zero-order valence-corrected chi connectivity index (χ0v) is 33.9. The van der Waals surface area contributed by atoms with Gasteiger partial charge in [-0.05, 0) is 121 Å². The minimum absolute atomic E-state index is 0.0203. The van der Waals surface area contributed by atoms with Crippen molar-refractivity contribution in [3.8, 4) is 22.6 Å². The van der Waals surface area contributed by atoms with E-state index in [9.17, 15) is 0 Å². The summed E-state index contributed by atoms with van der Waals surface area (Å²) in [6.07, 6.45) is 0. The standard InChI is InChI=1S/C57H39BN2O/c1-57(2)45-34-47-53(61-52-30-16-29-49-56(52)58(47)55-41-25-12-10-18-37(41)31-32-50(55)60(49)39-22-7-4-8-23-39)33-44(45)54-43-27-14-13-26-42(43)51(35-46(54)57)59(38-20-5-3-6-21-38)48-28-15-19-36-17-9-11-24-40(36)48/h3-35H,1-2H3. The van der Waals surface area contributed by atoms with E-state index in [4.69, 9.17) is 4.74 Å². The molecule has 0 radical (unpaired) electrons. The van der Waals surface area contributed by atoms with Crippen LogP contribution >= 0.6 is 0 Å². The third kappa shape index (κ3) is 4.82. The quantitative estimate of drug-likeness (QED) is 0.166. The Morgan fingerprint density at radius 3 is 1.92 bits per heavy atom. The average Bonchev–Trinajstić information content (AvgIpc) is 3.53. The lowest BCUT2D eigenvalue weighted by molar-refractivity contribution is 0.487. The minimum atomic E-state index is -0.314. The maximum atomic E-state index is 7.14. The van der Waals surface area contributed by atoms with E-state index in [0.717, 1.165) is 34.2 Å². The van der Waals surface area contributed by atoms with Gasteiger partial charge in [-0.1, -0.05) is 153 Å². The topological polar surface area (TPSA) is 15.7 Å². The van der Waals surface area contributed by atoms with Crippen LogP contribution in [-0.4, -0.2) is 6.71 Å².